The molecule has 6 heteroatoms. The van der Waals surface area contributed by atoms with Gasteiger partial charge in [-0.25, -0.2) is 0 Å². The van der Waals surface area contributed by atoms with Gasteiger partial charge in [-0.3, -0.25) is 5.41 Å². The van der Waals surface area contributed by atoms with Crippen molar-refractivity contribution in [1.29, 1.82) is 5.41 Å². The van der Waals surface area contributed by atoms with Gasteiger partial charge in [0.15, 0.2) is 0 Å². The summed E-state index contributed by atoms with van der Waals surface area (Å²) in [4.78, 5) is 10.3. The Morgan fingerprint density at radius 1 is 1.05 bits per heavy atom. The highest BCUT2D eigenvalue weighted by molar-refractivity contribution is 6.10. The molecule has 2 aromatic rings. The number of benzene rings is 1. The van der Waals surface area contributed by atoms with Gasteiger partial charge in [-0.2, -0.15) is 9.97 Å². The molecule has 0 saturated carbocycles. The average Bonchev–Trinajstić information content (AvgIpc) is 2.53. The van der Waals surface area contributed by atoms with E-state index < -0.39 is 0 Å². The number of nitrogens with zero attached hydrogens (tertiary/aromatic N) is 3. The van der Waals surface area contributed by atoms with Crippen molar-refractivity contribution in [2.24, 2.45) is 0 Å². The molecule has 0 aliphatic rings. The summed E-state index contributed by atoms with van der Waals surface area (Å²) in [5.74, 6) is 1.44. The summed E-state index contributed by atoms with van der Waals surface area (Å²) in [7, 11) is 6.87. The predicted octanol–water partition coefficient (Wildman–Crippen LogP) is 1.98. The maximum atomic E-state index is 8.30. The SMILES string of the molecule is COc1ccc(C(=N)c2cc(N(C)C)nc(OC)n2)cc1. The molecule has 1 aromatic carbocycles. The molecule has 0 spiro atoms. The van der Waals surface area contributed by atoms with E-state index in [2.05, 4.69) is 9.97 Å². The zero-order valence-electron chi connectivity index (χ0n) is 12.5. The molecule has 0 fully saturated rings. The Hall–Kier alpha value is -2.63. The van der Waals surface area contributed by atoms with Crippen molar-refractivity contribution in [2.75, 3.05) is 33.2 Å². The lowest BCUT2D eigenvalue weighted by Crippen LogP contribution is -2.14. The highest BCUT2D eigenvalue weighted by Gasteiger charge is 2.12. The minimum Gasteiger partial charge on any atom is -0.497 e. The van der Waals surface area contributed by atoms with Gasteiger partial charge in [0.05, 0.1) is 25.6 Å². The molecule has 21 heavy (non-hydrogen) atoms. The third kappa shape index (κ3) is 3.28. The van der Waals surface area contributed by atoms with Crippen molar-refractivity contribution in [3.05, 3.63) is 41.6 Å². The van der Waals surface area contributed by atoms with Crippen LogP contribution < -0.4 is 14.4 Å². The van der Waals surface area contributed by atoms with Crippen LogP contribution in [0.3, 0.4) is 0 Å². The lowest BCUT2D eigenvalue weighted by Gasteiger charge is -2.14. The van der Waals surface area contributed by atoms with Gasteiger partial charge in [0.1, 0.15) is 11.6 Å². The van der Waals surface area contributed by atoms with Crippen LogP contribution in [0.5, 0.6) is 11.8 Å². The summed E-state index contributed by atoms with van der Waals surface area (Å²) in [6.07, 6.45) is 0. The van der Waals surface area contributed by atoms with Crippen molar-refractivity contribution in [1.82, 2.24) is 9.97 Å². The van der Waals surface area contributed by atoms with Crippen LogP contribution >= 0.6 is 0 Å². The van der Waals surface area contributed by atoms with Gasteiger partial charge >= 0.3 is 6.01 Å². The molecular weight excluding hydrogens is 268 g/mol. The highest BCUT2D eigenvalue weighted by atomic mass is 16.5. The van der Waals surface area contributed by atoms with Crippen molar-refractivity contribution < 1.29 is 9.47 Å². The van der Waals surface area contributed by atoms with Crippen LogP contribution in [0.2, 0.25) is 0 Å². The van der Waals surface area contributed by atoms with Crippen LogP contribution in [0.15, 0.2) is 30.3 Å². The molecular formula is C15H18N4O2. The number of aromatic nitrogens is 2. The fourth-order valence-electron chi connectivity index (χ4n) is 1.77. The largest absolute Gasteiger partial charge is 0.497 e. The van der Waals surface area contributed by atoms with Crippen molar-refractivity contribution in [3.8, 4) is 11.8 Å². The van der Waals surface area contributed by atoms with Crippen LogP contribution in [-0.4, -0.2) is 44.0 Å². The summed E-state index contributed by atoms with van der Waals surface area (Å²) in [5, 5.41) is 8.30. The molecule has 1 aromatic heterocycles. The zero-order chi connectivity index (χ0) is 15.4. The lowest BCUT2D eigenvalue weighted by molar-refractivity contribution is 0.379. The third-order valence-corrected chi connectivity index (χ3v) is 2.97. The number of anilines is 1. The number of ether oxygens (including phenoxy) is 2. The second kappa shape index (κ2) is 6.21. The number of nitrogens with one attached hydrogen (secondary N) is 1. The van der Waals surface area contributed by atoms with Crippen LogP contribution in [0.4, 0.5) is 5.82 Å². The average molecular weight is 286 g/mol. The molecule has 110 valence electrons. The van der Waals surface area contributed by atoms with Crippen LogP contribution in [0.1, 0.15) is 11.3 Å². The number of rotatable bonds is 5. The molecule has 1 N–H and O–H groups in total. The molecule has 6 nitrogen and oxygen atoms in total. The molecule has 0 unspecified atom stereocenters. The second-order valence-electron chi connectivity index (χ2n) is 4.60. The van der Waals surface area contributed by atoms with E-state index in [9.17, 15) is 0 Å². The monoisotopic (exact) mass is 286 g/mol. The molecule has 0 saturated heterocycles. The van der Waals surface area contributed by atoms with Gasteiger partial charge in [0.2, 0.25) is 0 Å². The van der Waals surface area contributed by atoms with Crippen LogP contribution in [0, 0.1) is 5.41 Å². The first-order valence-corrected chi connectivity index (χ1v) is 6.39. The first-order chi connectivity index (χ1) is 10.0. The minimum atomic E-state index is 0.245. The van der Waals surface area contributed by atoms with E-state index >= 15 is 0 Å². The van der Waals surface area contributed by atoms with Gasteiger partial charge in [-0.05, 0) is 24.3 Å². The van der Waals surface area contributed by atoms with Crippen molar-refractivity contribution in [3.63, 3.8) is 0 Å². The summed E-state index contributed by atoms with van der Waals surface area (Å²) in [6, 6.07) is 9.28. The summed E-state index contributed by atoms with van der Waals surface area (Å²) < 4.78 is 10.2. The first kappa shape index (κ1) is 14.8. The molecule has 0 aliphatic carbocycles. The van der Waals surface area contributed by atoms with Gasteiger partial charge in [-0.15, -0.1) is 0 Å². The smallest absolute Gasteiger partial charge is 0.318 e. The zero-order valence-corrected chi connectivity index (χ0v) is 12.5. The highest BCUT2D eigenvalue weighted by Crippen LogP contribution is 2.18. The fourth-order valence-corrected chi connectivity index (χ4v) is 1.77. The molecule has 1 heterocycles. The Kier molecular flexibility index (Phi) is 4.37. The Balaban J connectivity index is 2.39. The Labute approximate surface area is 123 Å². The second-order valence-corrected chi connectivity index (χ2v) is 4.60. The molecule has 2 rings (SSSR count). The van der Waals surface area contributed by atoms with E-state index in [1.54, 1.807) is 13.2 Å². The third-order valence-electron chi connectivity index (χ3n) is 2.97. The lowest BCUT2D eigenvalue weighted by atomic mass is 10.1. The predicted molar refractivity (Wildman–Crippen MR) is 81.8 cm³/mol. The topological polar surface area (TPSA) is 71.3 Å². The molecule has 0 bridgehead atoms. The molecule has 0 amide bonds. The van der Waals surface area contributed by atoms with E-state index in [1.165, 1.54) is 7.11 Å². The minimum absolute atomic E-state index is 0.245. The van der Waals surface area contributed by atoms with Gasteiger partial charge in [-0.1, -0.05) is 0 Å². The number of hydrogen-bond acceptors (Lipinski definition) is 6. The van der Waals surface area contributed by atoms with Gasteiger partial charge in [0.25, 0.3) is 0 Å². The van der Waals surface area contributed by atoms with Crippen molar-refractivity contribution >= 4 is 11.5 Å². The van der Waals surface area contributed by atoms with E-state index in [0.717, 1.165) is 11.3 Å². The van der Waals surface area contributed by atoms with E-state index in [-0.39, 0.29) is 6.01 Å². The number of hydrogen-bond donors (Lipinski definition) is 1. The first-order valence-electron chi connectivity index (χ1n) is 6.39. The summed E-state index contributed by atoms with van der Waals surface area (Å²) >= 11 is 0. The Morgan fingerprint density at radius 2 is 1.71 bits per heavy atom. The normalized spacial score (nSPS) is 10.1. The van der Waals surface area contributed by atoms with E-state index in [4.69, 9.17) is 14.9 Å². The van der Waals surface area contributed by atoms with E-state index in [1.807, 2.05) is 43.3 Å². The Bertz CT molecular complexity index is 639. The summed E-state index contributed by atoms with van der Waals surface area (Å²) in [5.41, 5.74) is 1.57. The van der Waals surface area contributed by atoms with Crippen LogP contribution in [0.25, 0.3) is 0 Å². The quantitative estimate of drug-likeness (QED) is 0.851. The van der Waals surface area contributed by atoms with Crippen molar-refractivity contribution in [2.45, 2.75) is 0 Å². The van der Waals surface area contributed by atoms with Crippen LogP contribution in [-0.2, 0) is 0 Å². The maximum Gasteiger partial charge on any atom is 0.318 e. The van der Waals surface area contributed by atoms with Gasteiger partial charge < -0.3 is 14.4 Å². The van der Waals surface area contributed by atoms with E-state index in [0.29, 0.717) is 17.2 Å². The molecule has 0 atom stereocenters. The number of methoxy groups -OCH3 is 2. The maximum absolute atomic E-state index is 8.30. The standard InChI is InChI=1S/C15H18N4O2/c1-19(2)13-9-12(17-15(18-13)21-4)14(16)10-5-7-11(20-3)8-6-10/h5-9,16H,1-4H3. The fraction of sp³-hybridized carbons (Fsp3) is 0.267. The van der Waals surface area contributed by atoms with Gasteiger partial charge in [0, 0.05) is 25.7 Å². The Morgan fingerprint density at radius 3 is 2.24 bits per heavy atom. The molecule has 0 aliphatic heterocycles. The summed E-state index contributed by atoms with van der Waals surface area (Å²) in [6.45, 7) is 0. The molecule has 0 radical (unpaired) electrons.